The van der Waals surface area contributed by atoms with Gasteiger partial charge in [0.1, 0.15) is 0 Å². The van der Waals surface area contributed by atoms with E-state index in [1.54, 1.807) is 14.2 Å². The van der Waals surface area contributed by atoms with Crippen molar-refractivity contribution < 1.29 is 9.47 Å². The lowest BCUT2D eigenvalue weighted by molar-refractivity contribution is -0.239. The van der Waals surface area contributed by atoms with Crippen molar-refractivity contribution in [1.29, 1.82) is 0 Å². The Morgan fingerprint density at radius 1 is 1.07 bits per heavy atom. The van der Waals surface area contributed by atoms with Gasteiger partial charge in [-0.15, -0.1) is 0 Å². The van der Waals surface area contributed by atoms with Gasteiger partial charge in [0, 0.05) is 24.3 Å². The third kappa shape index (κ3) is 0.790. The summed E-state index contributed by atoms with van der Waals surface area (Å²) >= 11 is 12.4. The molecule has 2 fully saturated rings. The van der Waals surface area contributed by atoms with E-state index >= 15 is 0 Å². The van der Waals surface area contributed by atoms with Gasteiger partial charge in [0.05, 0.1) is 11.8 Å². The molecule has 3 aliphatic carbocycles. The molecule has 3 aliphatic rings. The molecule has 0 amide bonds. The van der Waals surface area contributed by atoms with Crippen molar-refractivity contribution in [2.45, 2.75) is 12.2 Å². The minimum Gasteiger partial charge on any atom is -0.352 e. The zero-order valence-electron chi connectivity index (χ0n) is 8.09. The molecule has 0 aliphatic heterocycles. The Morgan fingerprint density at radius 3 is 1.79 bits per heavy atom. The number of rotatable bonds is 2. The first-order chi connectivity index (χ1) is 6.67. The number of methoxy groups -OCH3 is 2. The van der Waals surface area contributed by atoms with Gasteiger partial charge in [-0.3, -0.25) is 0 Å². The molecular weight excluding hydrogens is 223 g/mol. The minimum absolute atomic E-state index is 0.168. The zero-order valence-corrected chi connectivity index (χ0v) is 9.60. The highest BCUT2D eigenvalue weighted by atomic mass is 35.5. The van der Waals surface area contributed by atoms with Crippen molar-refractivity contribution >= 4 is 23.2 Å². The van der Waals surface area contributed by atoms with E-state index in [0.29, 0.717) is 11.8 Å². The molecule has 0 aromatic heterocycles. The van der Waals surface area contributed by atoms with Crippen LogP contribution < -0.4 is 0 Å². The molecule has 0 heterocycles. The van der Waals surface area contributed by atoms with E-state index in [1.807, 2.05) is 0 Å². The normalized spacial score (nSPS) is 47.1. The van der Waals surface area contributed by atoms with Crippen molar-refractivity contribution in [1.82, 2.24) is 0 Å². The van der Waals surface area contributed by atoms with Crippen molar-refractivity contribution in [3.8, 4) is 0 Å². The fraction of sp³-hybridized carbons (Fsp3) is 0.800. The molecule has 14 heavy (non-hydrogen) atoms. The van der Waals surface area contributed by atoms with Crippen LogP contribution in [0.15, 0.2) is 10.1 Å². The van der Waals surface area contributed by atoms with Crippen LogP contribution in [0.25, 0.3) is 0 Å². The Labute approximate surface area is 93.2 Å². The maximum absolute atomic E-state index is 6.21. The van der Waals surface area contributed by atoms with Gasteiger partial charge in [-0.25, -0.2) is 0 Å². The third-order valence-electron chi connectivity index (χ3n) is 4.03. The van der Waals surface area contributed by atoms with E-state index in [2.05, 4.69) is 0 Å². The standard InChI is InChI=1S/C10H12Cl2O2/c1-13-10(14-2)6-4-3-5(4)7(10)9(12)8(6)11/h4-7H,3H2,1-2H3/t4-,5+,6+,7-. The van der Waals surface area contributed by atoms with Crippen LogP contribution in [0.5, 0.6) is 0 Å². The number of halogens is 2. The van der Waals surface area contributed by atoms with Crippen molar-refractivity contribution in [3.05, 3.63) is 10.1 Å². The Morgan fingerprint density at radius 2 is 1.50 bits per heavy atom. The number of hydrogen-bond acceptors (Lipinski definition) is 2. The highest BCUT2D eigenvalue weighted by Crippen LogP contribution is 2.73. The molecule has 0 radical (unpaired) electrons. The van der Waals surface area contributed by atoms with E-state index in [0.717, 1.165) is 10.1 Å². The molecule has 0 aromatic rings. The molecule has 0 unspecified atom stereocenters. The first-order valence-corrected chi connectivity index (χ1v) is 5.58. The highest BCUT2D eigenvalue weighted by molar-refractivity contribution is 6.40. The summed E-state index contributed by atoms with van der Waals surface area (Å²) in [5.74, 6) is 1.04. The average molecular weight is 235 g/mol. The van der Waals surface area contributed by atoms with E-state index in [1.165, 1.54) is 6.42 Å². The van der Waals surface area contributed by atoms with Crippen LogP contribution in [0, 0.1) is 23.7 Å². The summed E-state index contributed by atoms with van der Waals surface area (Å²) in [5.41, 5.74) is 0. The second-order valence-electron chi connectivity index (χ2n) is 4.34. The van der Waals surface area contributed by atoms with Crippen LogP contribution in [-0.4, -0.2) is 20.0 Å². The summed E-state index contributed by atoms with van der Waals surface area (Å²) in [6.07, 6.45) is 1.22. The molecular formula is C10H12Cl2O2. The SMILES string of the molecule is COC1(OC)[C@@H]2C(Cl)=C(Cl)[C@H]1[C@H]1C[C@H]12. The molecule has 4 atom stereocenters. The van der Waals surface area contributed by atoms with Crippen LogP contribution in [0.2, 0.25) is 0 Å². The van der Waals surface area contributed by atoms with Crippen LogP contribution >= 0.6 is 23.2 Å². The van der Waals surface area contributed by atoms with Crippen molar-refractivity contribution in [2.24, 2.45) is 23.7 Å². The fourth-order valence-electron chi connectivity index (χ4n) is 3.41. The van der Waals surface area contributed by atoms with Crippen LogP contribution in [0.1, 0.15) is 6.42 Å². The van der Waals surface area contributed by atoms with Crippen molar-refractivity contribution in [2.75, 3.05) is 14.2 Å². The van der Waals surface area contributed by atoms with Gasteiger partial charge in [-0.05, 0) is 18.3 Å². The Balaban J connectivity index is 2.08. The number of hydrogen-bond donors (Lipinski definition) is 0. The van der Waals surface area contributed by atoms with Gasteiger partial charge < -0.3 is 9.47 Å². The Hall–Kier alpha value is 0.240. The second-order valence-corrected chi connectivity index (χ2v) is 5.16. The molecule has 4 heteroatoms. The molecule has 2 nitrogen and oxygen atoms in total. The molecule has 0 N–H and O–H groups in total. The molecule has 0 spiro atoms. The summed E-state index contributed by atoms with van der Waals surface area (Å²) in [7, 11) is 3.35. The third-order valence-corrected chi connectivity index (χ3v) is 5.00. The Kier molecular flexibility index (Phi) is 1.81. The van der Waals surface area contributed by atoms with Gasteiger partial charge >= 0.3 is 0 Å². The predicted molar refractivity (Wildman–Crippen MR) is 54.1 cm³/mol. The van der Waals surface area contributed by atoms with E-state index in [9.17, 15) is 0 Å². The second kappa shape index (κ2) is 2.67. The van der Waals surface area contributed by atoms with Gasteiger partial charge in [0.15, 0.2) is 5.79 Å². The molecule has 0 saturated heterocycles. The lowest BCUT2D eigenvalue weighted by Crippen LogP contribution is -2.42. The molecule has 3 rings (SSSR count). The smallest absolute Gasteiger partial charge is 0.183 e. The van der Waals surface area contributed by atoms with Crippen molar-refractivity contribution in [3.63, 3.8) is 0 Å². The fourth-order valence-corrected chi connectivity index (χ4v) is 4.27. The van der Waals surface area contributed by atoms with Gasteiger partial charge in [-0.2, -0.15) is 0 Å². The summed E-state index contributed by atoms with van der Waals surface area (Å²) in [6, 6.07) is 0. The van der Waals surface area contributed by atoms with E-state index in [4.69, 9.17) is 32.7 Å². The van der Waals surface area contributed by atoms with Gasteiger partial charge in [0.25, 0.3) is 0 Å². The number of ether oxygens (including phenoxy) is 2. The molecule has 78 valence electrons. The van der Waals surface area contributed by atoms with Crippen LogP contribution in [0.4, 0.5) is 0 Å². The lowest BCUT2D eigenvalue weighted by Gasteiger charge is -2.34. The van der Waals surface area contributed by atoms with Crippen LogP contribution in [-0.2, 0) is 9.47 Å². The molecule has 0 aromatic carbocycles. The molecule has 2 saturated carbocycles. The quantitative estimate of drug-likeness (QED) is 0.685. The van der Waals surface area contributed by atoms with E-state index in [-0.39, 0.29) is 11.8 Å². The first kappa shape index (κ1) is 9.46. The summed E-state index contributed by atoms with van der Waals surface area (Å²) in [5, 5.41) is 1.53. The molecule has 2 bridgehead atoms. The maximum atomic E-state index is 6.21. The maximum Gasteiger partial charge on any atom is 0.183 e. The van der Waals surface area contributed by atoms with Gasteiger partial charge in [-0.1, -0.05) is 23.2 Å². The average Bonchev–Trinajstić information content (AvgIpc) is 2.87. The van der Waals surface area contributed by atoms with E-state index < -0.39 is 5.79 Å². The summed E-state index contributed by atoms with van der Waals surface area (Å²) in [6.45, 7) is 0. The van der Waals surface area contributed by atoms with Crippen LogP contribution in [0.3, 0.4) is 0 Å². The predicted octanol–water partition coefficient (Wildman–Crippen LogP) is 2.56. The zero-order chi connectivity index (χ0) is 10.1. The topological polar surface area (TPSA) is 18.5 Å². The monoisotopic (exact) mass is 234 g/mol. The summed E-state index contributed by atoms with van der Waals surface area (Å²) in [4.78, 5) is 0. The minimum atomic E-state index is -0.568. The van der Waals surface area contributed by atoms with Gasteiger partial charge in [0.2, 0.25) is 0 Å². The first-order valence-electron chi connectivity index (χ1n) is 4.82. The lowest BCUT2D eigenvalue weighted by atomic mass is 9.97. The Bertz CT molecular complexity index is 296. The largest absolute Gasteiger partial charge is 0.352 e. The number of fused-ring (bicyclic) bond motifs is 5. The highest BCUT2D eigenvalue weighted by Gasteiger charge is 2.74. The summed E-state index contributed by atoms with van der Waals surface area (Å²) < 4.78 is 11.1.